The summed E-state index contributed by atoms with van der Waals surface area (Å²) in [6.07, 6.45) is 1.94. The quantitative estimate of drug-likeness (QED) is 0.576. The molecule has 0 aromatic rings. The van der Waals surface area contributed by atoms with Crippen LogP contribution >= 0.6 is 0 Å². The molecule has 1 amide bonds. The maximum atomic E-state index is 10.6. The van der Waals surface area contributed by atoms with E-state index in [2.05, 4.69) is 11.8 Å². The van der Waals surface area contributed by atoms with E-state index in [9.17, 15) is 4.79 Å². The van der Waals surface area contributed by atoms with E-state index in [1.54, 1.807) is 0 Å². The van der Waals surface area contributed by atoms with Crippen molar-refractivity contribution in [1.29, 1.82) is 0 Å². The summed E-state index contributed by atoms with van der Waals surface area (Å²) in [5, 5.41) is 0. The molecule has 1 saturated heterocycles. The molecule has 70 valence electrons. The molecule has 0 aliphatic carbocycles. The molecule has 12 heavy (non-hydrogen) atoms. The summed E-state index contributed by atoms with van der Waals surface area (Å²) >= 11 is 0. The number of carbonyl (C=O) groups is 1. The number of likely N-dealkylation sites (tertiary alicyclic amines) is 1. The lowest BCUT2D eigenvalue weighted by atomic mass is 9.99. The van der Waals surface area contributed by atoms with Gasteiger partial charge in [0.2, 0.25) is 5.91 Å². The second kappa shape index (κ2) is 3.87. The van der Waals surface area contributed by atoms with Gasteiger partial charge in [-0.15, -0.1) is 0 Å². The van der Waals surface area contributed by atoms with E-state index in [1.807, 2.05) is 0 Å². The molecule has 4 nitrogen and oxygen atoms in total. The molecule has 1 heterocycles. The number of primary amides is 1. The second-order valence-corrected chi connectivity index (χ2v) is 3.57. The predicted molar refractivity (Wildman–Crippen MR) is 47.4 cm³/mol. The van der Waals surface area contributed by atoms with Gasteiger partial charge in [0, 0.05) is 18.6 Å². The highest BCUT2D eigenvalue weighted by Gasteiger charge is 2.23. The molecule has 2 unspecified atom stereocenters. The van der Waals surface area contributed by atoms with Crippen LogP contribution in [0.25, 0.3) is 0 Å². The van der Waals surface area contributed by atoms with Gasteiger partial charge in [0.25, 0.3) is 0 Å². The minimum absolute atomic E-state index is 0.252. The molecule has 0 radical (unpaired) electrons. The van der Waals surface area contributed by atoms with E-state index in [-0.39, 0.29) is 5.91 Å². The number of hydrogen-bond acceptors (Lipinski definition) is 3. The summed E-state index contributed by atoms with van der Waals surface area (Å²) in [6.45, 7) is 3.35. The Morgan fingerprint density at radius 2 is 2.33 bits per heavy atom. The molecule has 1 aliphatic rings. The van der Waals surface area contributed by atoms with Gasteiger partial charge in [-0.1, -0.05) is 0 Å². The third-order valence-electron chi connectivity index (χ3n) is 2.41. The fourth-order valence-corrected chi connectivity index (χ4v) is 1.69. The predicted octanol–water partition coefficient (Wildman–Crippen LogP) is -0.717. The highest BCUT2D eigenvalue weighted by Crippen LogP contribution is 2.14. The number of nitrogens with zero attached hydrogens (tertiary/aromatic N) is 1. The van der Waals surface area contributed by atoms with Gasteiger partial charge in [0.1, 0.15) is 0 Å². The van der Waals surface area contributed by atoms with Crippen molar-refractivity contribution in [3.8, 4) is 0 Å². The summed E-state index contributed by atoms with van der Waals surface area (Å²) in [7, 11) is 0. The normalized spacial score (nSPS) is 31.8. The van der Waals surface area contributed by atoms with Gasteiger partial charge >= 0.3 is 0 Å². The van der Waals surface area contributed by atoms with Gasteiger partial charge in [-0.05, 0) is 19.8 Å². The smallest absolute Gasteiger partial charge is 0.231 e. The molecule has 1 aliphatic heterocycles. The molecule has 2 atom stereocenters. The van der Waals surface area contributed by atoms with Crippen molar-refractivity contribution in [2.24, 2.45) is 11.5 Å². The van der Waals surface area contributed by atoms with Gasteiger partial charge in [0.05, 0.1) is 6.54 Å². The van der Waals surface area contributed by atoms with Gasteiger partial charge in [-0.2, -0.15) is 0 Å². The SMILES string of the molecule is CC1CC(N)CCN1CC(N)=O. The van der Waals surface area contributed by atoms with Crippen molar-refractivity contribution < 1.29 is 4.79 Å². The summed E-state index contributed by atoms with van der Waals surface area (Å²) in [5.41, 5.74) is 10.9. The highest BCUT2D eigenvalue weighted by molar-refractivity contribution is 5.75. The first-order chi connectivity index (χ1) is 5.59. The van der Waals surface area contributed by atoms with Crippen molar-refractivity contribution in [2.75, 3.05) is 13.1 Å². The summed E-state index contributed by atoms with van der Waals surface area (Å²) in [5.74, 6) is -0.252. The van der Waals surface area contributed by atoms with Crippen molar-refractivity contribution in [3.63, 3.8) is 0 Å². The van der Waals surface area contributed by atoms with E-state index >= 15 is 0 Å². The monoisotopic (exact) mass is 171 g/mol. The first kappa shape index (κ1) is 9.48. The topological polar surface area (TPSA) is 72.3 Å². The molecule has 4 N–H and O–H groups in total. The van der Waals surface area contributed by atoms with E-state index in [1.165, 1.54) is 0 Å². The Bertz CT molecular complexity index is 172. The minimum Gasteiger partial charge on any atom is -0.369 e. The number of nitrogens with two attached hydrogens (primary N) is 2. The highest BCUT2D eigenvalue weighted by atomic mass is 16.1. The van der Waals surface area contributed by atoms with Gasteiger partial charge in [-0.25, -0.2) is 0 Å². The van der Waals surface area contributed by atoms with Gasteiger partial charge in [0.15, 0.2) is 0 Å². The fourth-order valence-electron chi connectivity index (χ4n) is 1.69. The first-order valence-electron chi connectivity index (χ1n) is 4.37. The average Bonchev–Trinajstić information content (AvgIpc) is 1.94. The van der Waals surface area contributed by atoms with Crippen molar-refractivity contribution >= 4 is 5.91 Å². The molecule has 0 aromatic heterocycles. The Kier molecular flexibility index (Phi) is 3.05. The Morgan fingerprint density at radius 3 is 2.83 bits per heavy atom. The van der Waals surface area contributed by atoms with Crippen LogP contribution in [0.5, 0.6) is 0 Å². The summed E-state index contributed by atoms with van der Waals surface area (Å²) < 4.78 is 0. The molecule has 4 heteroatoms. The minimum atomic E-state index is -0.252. The number of piperidine rings is 1. The van der Waals surface area contributed by atoms with Crippen LogP contribution < -0.4 is 11.5 Å². The van der Waals surface area contributed by atoms with Crippen LogP contribution in [0, 0.1) is 0 Å². The maximum Gasteiger partial charge on any atom is 0.231 e. The van der Waals surface area contributed by atoms with Crippen LogP contribution in [-0.2, 0) is 4.79 Å². The van der Waals surface area contributed by atoms with E-state index < -0.39 is 0 Å². The van der Waals surface area contributed by atoms with Gasteiger partial charge < -0.3 is 11.5 Å². The summed E-state index contributed by atoms with van der Waals surface area (Å²) in [4.78, 5) is 12.7. The third-order valence-corrected chi connectivity index (χ3v) is 2.41. The van der Waals surface area contributed by atoms with Crippen LogP contribution in [-0.4, -0.2) is 36.0 Å². The zero-order chi connectivity index (χ0) is 9.14. The van der Waals surface area contributed by atoms with E-state index in [0.29, 0.717) is 18.6 Å². The van der Waals surface area contributed by atoms with E-state index in [0.717, 1.165) is 19.4 Å². The third kappa shape index (κ3) is 2.46. The Balaban J connectivity index is 2.39. The number of amides is 1. The van der Waals surface area contributed by atoms with Crippen LogP contribution in [0.15, 0.2) is 0 Å². The average molecular weight is 171 g/mol. The van der Waals surface area contributed by atoms with Crippen molar-refractivity contribution in [2.45, 2.75) is 31.8 Å². The molecule has 0 aromatic carbocycles. The molecular weight excluding hydrogens is 154 g/mol. The van der Waals surface area contributed by atoms with Crippen molar-refractivity contribution in [3.05, 3.63) is 0 Å². The van der Waals surface area contributed by atoms with E-state index in [4.69, 9.17) is 11.5 Å². The fraction of sp³-hybridized carbons (Fsp3) is 0.875. The molecule has 0 saturated carbocycles. The van der Waals surface area contributed by atoms with Crippen molar-refractivity contribution in [1.82, 2.24) is 4.90 Å². The Morgan fingerprint density at radius 1 is 1.67 bits per heavy atom. The molecule has 1 fully saturated rings. The summed E-state index contributed by atoms with van der Waals surface area (Å²) in [6, 6.07) is 0.686. The maximum absolute atomic E-state index is 10.6. The standard InChI is InChI=1S/C8H17N3O/c1-6-4-7(9)2-3-11(6)5-8(10)12/h6-7H,2-5,9H2,1H3,(H2,10,12). The Labute approximate surface area is 72.9 Å². The molecular formula is C8H17N3O. The van der Waals surface area contributed by atoms with Crippen LogP contribution in [0.4, 0.5) is 0 Å². The zero-order valence-electron chi connectivity index (χ0n) is 7.49. The molecule has 1 rings (SSSR count). The lowest BCUT2D eigenvalue weighted by molar-refractivity contribution is -0.120. The largest absolute Gasteiger partial charge is 0.369 e. The molecule has 0 spiro atoms. The van der Waals surface area contributed by atoms with Gasteiger partial charge in [-0.3, -0.25) is 9.69 Å². The lowest BCUT2D eigenvalue weighted by Gasteiger charge is -2.35. The first-order valence-corrected chi connectivity index (χ1v) is 4.37. The van der Waals surface area contributed by atoms with Crippen LogP contribution in [0.1, 0.15) is 19.8 Å². The number of hydrogen-bond donors (Lipinski definition) is 2. The zero-order valence-corrected chi connectivity index (χ0v) is 7.49. The number of rotatable bonds is 2. The van der Waals surface area contributed by atoms with Crippen LogP contribution in [0.2, 0.25) is 0 Å². The van der Waals surface area contributed by atoms with Crippen LogP contribution in [0.3, 0.4) is 0 Å². The Hall–Kier alpha value is -0.610. The lowest BCUT2D eigenvalue weighted by Crippen LogP contribution is -2.48. The second-order valence-electron chi connectivity index (χ2n) is 3.57. The number of carbonyl (C=O) groups excluding carboxylic acids is 1. The molecule has 0 bridgehead atoms.